The second-order valence-corrected chi connectivity index (χ2v) is 6.43. The summed E-state index contributed by atoms with van der Waals surface area (Å²) in [5.41, 5.74) is 1.56. The summed E-state index contributed by atoms with van der Waals surface area (Å²) in [5, 5.41) is 3.05. The van der Waals surface area contributed by atoms with Gasteiger partial charge in [-0.25, -0.2) is 14.8 Å². The summed E-state index contributed by atoms with van der Waals surface area (Å²) in [7, 11) is 1.34. The molecular formula is C19H22N4O3. The molecule has 136 valence electrons. The van der Waals surface area contributed by atoms with E-state index in [1.165, 1.54) is 7.11 Å². The topological polar surface area (TPSA) is 84.4 Å². The van der Waals surface area contributed by atoms with Crippen LogP contribution in [0.15, 0.2) is 36.5 Å². The largest absolute Gasteiger partial charge is 0.465 e. The van der Waals surface area contributed by atoms with Crippen molar-refractivity contribution in [1.29, 1.82) is 0 Å². The lowest BCUT2D eigenvalue weighted by Gasteiger charge is -2.30. The lowest BCUT2D eigenvalue weighted by molar-refractivity contribution is 0.0600. The number of carbonyl (C=O) groups excluding carboxylic acids is 2. The molecule has 7 nitrogen and oxygen atoms in total. The van der Waals surface area contributed by atoms with Crippen molar-refractivity contribution in [3.05, 3.63) is 47.8 Å². The van der Waals surface area contributed by atoms with Crippen molar-refractivity contribution in [3.8, 4) is 0 Å². The molecule has 1 fully saturated rings. The summed E-state index contributed by atoms with van der Waals surface area (Å²) >= 11 is 0. The fourth-order valence-electron chi connectivity index (χ4n) is 2.85. The van der Waals surface area contributed by atoms with Gasteiger partial charge in [-0.3, -0.25) is 4.79 Å². The van der Waals surface area contributed by atoms with E-state index in [0.29, 0.717) is 28.8 Å². The number of anilines is 2. The molecule has 2 heterocycles. The molecule has 0 bridgehead atoms. The number of benzene rings is 1. The molecule has 1 N–H and O–H groups in total. The zero-order chi connectivity index (χ0) is 18.5. The van der Waals surface area contributed by atoms with E-state index in [1.807, 2.05) is 4.90 Å². The number of rotatable bonds is 4. The normalized spacial score (nSPS) is 14.8. The first kappa shape index (κ1) is 17.8. The maximum Gasteiger partial charge on any atom is 0.337 e. The van der Waals surface area contributed by atoms with Crippen LogP contribution in [0.4, 0.5) is 11.6 Å². The van der Waals surface area contributed by atoms with Gasteiger partial charge in [0.1, 0.15) is 5.69 Å². The van der Waals surface area contributed by atoms with E-state index in [4.69, 9.17) is 0 Å². The number of aromatic nitrogens is 2. The third kappa shape index (κ3) is 4.17. The minimum Gasteiger partial charge on any atom is -0.465 e. The van der Waals surface area contributed by atoms with Crippen LogP contribution in [-0.4, -0.2) is 46.9 Å². The third-order valence-corrected chi connectivity index (χ3v) is 4.51. The first-order valence-electron chi connectivity index (χ1n) is 8.64. The molecule has 1 amide bonds. The molecule has 26 heavy (non-hydrogen) atoms. The number of hydrogen-bond acceptors (Lipinski definition) is 6. The SMILES string of the molecule is COC(=O)c1ccc(Nc2nccc(C(=O)N3CCC(C)CC3)n2)cc1. The molecule has 0 atom stereocenters. The Morgan fingerprint density at radius 1 is 1.15 bits per heavy atom. The molecule has 1 saturated heterocycles. The Morgan fingerprint density at radius 2 is 1.85 bits per heavy atom. The smallest absolute Gasteiger partial charge is 0.337 e. The van der Waals surface area contributed by atoms with Crippen molar-refractivity contribution in [3.63, 3.8) is 0 Å². The molecule has 1 aromatic heterocycles. The standard InChI is InChI=1S/C19H22N4O3/c1-13-8-11-23(12-9-13)17(24)16-7-10-20-19(22-16)21-15-5-3-14(4-6-15)18(25)26-2/h3-7,10,13H,8-9,11-12H2,1-2H3,(H,20,21,22). The zero-order valence-corrected chi connectivity index (χ0v) is 14.9. The Bertz CT molecular complexity index is 784. The zero-order valence-electron chi connectivity index (χ0n) is 14.9. The van der Waals surface area contributed by atoms with Gasteiger partial charge in [-0.05, 0) is 49.1 Å². The predicted molar refractivity (Wildman–Crippen MR) is 97.4 cm³/mol. The van der Waals surface area contributed by atoms with Gasteiger partial charge in [-0.15, -0.1) is 0 Å². The van der Waals surface area contributed by atoms with E-state index in [-0.39, 0.29) is 5.91 Å². The van der Waals surface area contributed by atoms with Gasteiger partial charge >= 0.3 is 5.97 Å². The quantitative estimate of drug-likeness (QED) is 0.850. The summed E-state index contributed by atoms with van der Waals surface area (Å²) in [6, 6.07) is 8.40. The van der Waals surface area contributed by atoms with Crippen LogP contribution in [0.5, 0.6) is 0 Å². The highest BCUT2D eigenvalue weighted by Crippen LogP contribution is 2.19. The van der Waals surface area contributed by atoms with E-state index in [1.54, 1.807) is 36.5 Å². The lowest BCUT2D eigenvalue weighted by atomic mass is 9.99. The molecule has 1 aliphatic heterocycles. The fraction of sp³-hybridized carbons (Fsp3) is 0.368. The van der Waals surface area contributed by atoms with Gasteiger partial charge in [-0.2, -0.15) is 0 Å². The molecule has 1 aromatic carbocycles. The monoisotopic (exact) mass is 354 g/mol. The average molecular weight is 354 g/mol. The summed E-state index contributed by atoms with van der Waals surface area (Å²) < 4.78 is 4.67. The number of hydrogen-bond donors (Lipinski definition) is 1. The maximum atomic E-state index is 12.6. The van der Waals surface area contributed by atoms with E-state index in [9.17, 15) is 9.59 Å². The molecular weight excluding hydrogens is 332 g/mol. The predicted octanol–water partition coefficient (Wildman–Crippen LogP) is 2.88. The second-order valence-electron chi connectivity index (χ2n) is 6.43. The number of carbonyl (C=O) groups is 2. The van der Waals surface area contributed by atoms with E-state index < -0.39 is 5.97 Å². The fourth-order valence-corrected chi connectivity index (χ4v) is 2.85. The van der Waals surface area contributed by atoms with Crippen LogP contribution in [-0.2, 0) is 4.74 Å². The molecule has 0 saturated carbocycles. The highest BCUT2D eigenvalue weighted by molar-refractivity contribution is 5.92. The van der Waals surface area contributed by atoms with Gasteiger partial charge in [0.05, 0.1) is 12.7 Å². The Morgan fingerprint density at radius 3 is 2.50 bits per heavy atom. The van der Waals surface area contributed by atoms with Gasteiger partial charge < -0.3 is 15.0 Å². The van der Waals surface area contributed by atoms with Gasteiger partial charge in [0, 0.05) is 25.0 Å². The molecule has 3 rings (SSSR count). The van der Waals surface area contributed by atoms with Crippen molar-refractivity contribution in [1.82, 2.24) is 14.9 Å². The lowest BCUT2D eigenvalue weighted by Crippen LogP contribution is -2.38. The van der Waals surface area contributed by atoms with Gasteiger partial charge in [0.15, 0.2) is 0 Å². The Labute approximate surface area is 152 Å². The molecule has 0 unspecified atom stereocenters. The first-order valence-corrected chi connectivity index (χ1v) is 8.64. The van der Waals surface area contributed by atoms with Crippen molar-refractivity contribution in [2.75, 3.05) is 25.5 Å². The first-order chi connectivity index (χ1) is 12.6. The van der Waals surface area contributed by atoms with Gasteiger partial charge in [0.2, 0.25) is 5.95 Å². The van der Waals surface area contributed by atoms with Crippen LogP contribution in [0.1, 0.15) is 40.6 Å². The molecule has 1 aliphatic rings. The minimum absolute atomic E-state index is 0.0663. The average Bonchev–Trinajstić information content (AvgIpc) is 2.68. The van der Waals surface area contributed by atoms with Crippen LogP contribution in [0.3, 0.4) is 0 Å². The Kier molecular flexibility index (Phi) is 5.46. The van der Waals surface area contributed by atoms with Crippen molar-refractivity contribution in [2.45, 2.75) is 19.8 Å². The molecule has 0 radical (unpaired) electrons. The summed E-state index contributed by atoms with van der Waals surface area (Å²) in [4.78, 5) is 34.4. The number of ether oxygens (including phenoxy) is 1. The molecule has 0 spiro atoms. The highest BCUT2D eigenvalue weighted by atomic mass is 16.5. The van der Waals surface area contributed by atoms with E-state index in [0.717, 1.165) is 25.9 Å². The van der Waals surface area contributed by atoms with Crippen molar-refractivity contribution >= 4 is 23.5 Å². The van der Waals surface area contributed by atoms with Crippen LogP contribution in [0.25, 0.3) is 0 Å². The maximum absolute atomic E-state index is 12.6. The molecule has 0 aliphatic carbocycles. The summed E-state index contributed by atoms with van der Waals surface area (Å²) in [6.45, 7) is 3.74. The third-order valence-electron chi connectivity index (χ3n) is 4.51. The van der Waals surface area contributed by atoms with Crippen LogP contribution in [0.2, 0.25) is 0 Å². The van der Waals surface area contributed by atoms with E-state index >= 15 is 0 Å². The van der Waals surface area contributed by atoms with Crippen LogP contribution >= 0.6 is 0 Å². The number of likely N-dealkylation sites (tertiary alicyclic amines) is 1. The second kappa shape index (κ2) is 7.95. The number of esters is 1. The number of amides is 1. The summed E-state index contributed by atoms with van der Waals surface area (Å²) in [6.07, 6.45) is 3.61. The van der Waals surface area contributed by atoms with Crippen molar-refractivity contribution in [2.24, 2.45) is 5.92 Å². The number of piperidine rings is 1. The Balaban J connectivity index is 1.69. The van der Waals surface area contributed by atoms with Crippen LogP contribution < -0.4 is 5.32 Å². The van der Waals surface area contributed by atoms with Crippen LogP contribution in [0, 0.1) is 5.92 Å². The number of nitrogens with one attached hydrogen (secondary N) is 1. The van der Waals surface area contributed by atoms with Crippen molar-refractivity contribution < 1.29 is 14.3 Å². The number of methoxy groups -OCH3 is 1. The van der Waals surface area contributed by atoms with E-state index in [2.05, 4.69) is 26.9 Å². The van der Waals surface area contributed by atoms with Gasteiger partial charge in [-0.1, -0.05) is 6.92 Å². The highest BCUT2D eigenvalue weighted by Gasteiger charge is 2.22. The summed E-state index contributed by atoms with van der Waals surface area (Å²) in [5.74, 6) is 0.543. The van der Waals surface area contributed by atoms with Gasteiger partial charge in [0.25, 0.3) is 5.91 Å². The Hall–Kier alpha value is -2.96. The molecule has 2 aromatic rings. The molecule has 7 heteroatoms. The number of nitrogens with zero attached hydrogens (tertiary/aromatic N) is 3. The minimum atomic E-state index is -0.392.